The van der Waals surface area contributed by atoms with E-state index in [2.05, 4.69) is 15.9 Å². The normalized spacial score (nSPS) is 10.7. The molecule has 0 nitrogen and oxygen atoms in total. The van der Waals surface area contributed by atoms with Gasteiger partial charge < -0.3 is 0 Å². The molecule has 0 aromatic carbocycles. The van der Waals surface area contributed by atoms with Crippen molar-refractivity contribution < 1.29 is 8.78 Å². The number of halogens is 3. The number of fused-ring (bicyclic) bond motifs is 1. The Bertz CT molecular complexity index is 389. The van der Waals surface area contributed by atoms with Crippen LogP contribution in [0.2, 0.25) is 0 Å². The van der Waals surface area contributed by atoms with Crippen molar-refractivity contribution in [3.63, 3.8) is 0 Å². The second-order valence-electron chi connectivity index (χ2n) is 2.68. The predicted octanol–water partition coefficient (Wildman–Crippen LogP) is 3.83. The first-order valence-corrected chi connectivity index (χ1v) is 4.52. The minimum Gasteiger partial charge on any atom is -0.205 e. The lowest BCUT2D eigenvalue weighted by atomic mass is 10.2. The molecular formula is C10H5BrF2. The average molecular weight is 243 g/mol. The Labute approximate surface area is 82.7 Å². The first kappa shape index (κ1) is 8.63. The maximum Gasteiger partial charge on any atom is 0.148 e. The fourth-order valence-corrected chi connectivity index (χ4v) is 1.69. The predicted molar refractivity (Wildman–Crippen MR) is 50.7 cm³/mol. The van der Waals surface area contributed by atoms with E-state index in [0.717, 1.165) is 0 Å². The third-order valence-electron chi connectivity index (χ3n) is 1.90. The maximum atomic E-state index is 13.3. The van der Waals surface area contributed by atoms with Crippen LogP contribution in [-0.2, 0) is 0 Å². The third-order valence-corrected chi connectivity index (χ3v) is 2.59. The fourth-order valence-electron chi connectivity index (χ4n) is 1.26. The Hall–Kier alpha value is -0.960. The van der Waals surface area contributed by atoms with E-state index >= 15 is 0 Å². The monoisotopic (exact) mass is 242 g/mol. The van der Waals surface area contributed by atoms with Gasteiger partial charge in [-0.1, -0.05) is 30.3 Å². The minimum absolute atomic E-state index is 0.0892. The van der Waals surface area contributed by atoms with Gasteiger partial charge in [0, 0.05) is 11.1 Å². The van der Waals surface area contributed by atoms with E-state index in [4.69, 9.17) is 0 Å². The Morgan fingerprint density at radius 3 is 1.77 bits per heavy atom. The Morgan fingerprint density at radius 1 is 0.846 bits per heavy atom. The topological polar surface area (TPSA) is 0 Å². The van der Waals surface area contributed by atoms with E-state index < -0.39 is 11.6 Å². The molecule has 0 N–H and O–H groups in total. The van der Waals surface area contributed by atoms with Crippen LogP contribution in [0.5, 0.6) is 0 Å². The molecule has 0 aromatic heterocycles. The van der Waals surface area contributed by atoms with Gasteiger partial charge >= 0.3 is 0 Å². The molecule has 13 heavy (non-hydrogen) atoms. The summed E-state index contributed by atoms with van der Waals surface area (Å²) >= 11 is 2.86. The zero-order chi connectivity index (χ0) is 9.42. The number of hydrogen-bond acceptors (Lipinski definition) is 0. The van der Waals surface area contributed by atoms with Crippen molar-refractivity contribution in [2.75, 3.05) is 0 Å². The van der Waals surface area contributed by atoms with Crippen LogP contribution < -0.4 is 0 Å². The molecule has 0 aromatic rings. The third kappa shape index (κ3) is 1.23. The quantitative estimate of drug-likeness (QED) is 0.659. The molecule has 2 aliphatic rings. The largest absolute Gasteiger partial charge is 0.205 e. The summed E-state index contributed by atoms with van der Waals surface area (Å²) in [4.78, 5) is 0. The second kappa shape index (κ2) is 3.07. The van der Waals surface area contributed by atoms with Crippen LogP contribution in [0.15, 0.2) is 34.8 Å². The second-order valence-corrected chi connectivity index (χ2v) is 3.47. The number of hydrogen-bond donors (Lipinski definition) is 0. The summed E-state index contributed by atoms with van der Waals surface area (Å²) in [5.41, 5.74) is 0.601. The summed E-state index contributed by atoms with van der Waals surface area (Å²) in [6.07, 6.45) is 0. The lowest BCUT2D eigenvalue weighted by Crippen LogP contribution is -1.71. The summed E-state index contributed by atoms with van der Waals surface area (Å²) in [5.74, 6) is -1.08. The van der Waals surface area contributed by atoms with Gasteiger partial charge in [0.05, 0.1) is 4.47 Å². The summed E-state index contributed by atoms with van der Waals surface area (Å²) in [6, 6.07) is 8.19. The molecule has 0 fully saturated rings. The highest BCUT2D eigenvalue weighted by Crippen LogP contribution is 2.36. The van der Waals surface area contributed by atoms with Crippen LogP contribution in [0.1, 0.15) is 0 Å². The molecule has 0 saturated heterocycles. The highest BCUT2D eigenvalue weighted by atomic mass is 79.9. The Kier molecular flexibility index (Phi) is 2.04. The zero-order valence-corrected chi connectivity index (χ0v) is 8.11. The van der Waals surface area contributed by atoms with Crippen LogP contribution in [0.3, 0.4) is 0 Å². The summed E-state index contributed by atoms with van der Waals surface area (Å²) in [5, 5.41) is 0. The lowest BCUT2D eigenvalue weighted by molar-refractivity contribution is 0.597. The summed E-state index contributed by atoms with van der Waals surface area (Å²) in [7, 11) is 0. The molecular weight excluding hydrogens is 238 g/mol. The smallest absolute Gasteiger partial charge is 0.148 e. The molecule has 2 rings (SSSR count). The average Bonchev–Trinajstić information content (AvgIpc) is 2.40. The SMILES string of the molecule is Fc1c2cccccc-2c(F)c1Br. The standard InChI is InChI=1S/C10H5BrF2/c11-8-9(12)6-4-2-1-3-5-7(6)10(8)13/h1-5H. The molecule has 0 saturated carbocycles. The van der Waals surface area contributed by atoms with E-state index in [0.29, 0.717) is 11.1 Å². The van der Waals surface area contributed by atoms with E-state index in [1.54, 1.807) is 30.3 Å². The Balaban J connectivity index is 2.86. The summed E-state index contributed by atoms with van der Waals surface area (Å²) < 4.78 is 26.5. The van der Waals surface area contributed by atoms with E-state index in [1.165, 1.54) is 0 Å². The fraction of sp³-hybridized carbons (Fsp3) is 0. The van der Waals surface area contributed by atoms with Gasteiger partial charge in [0.25, 0.3) is 0 Å². The molecule has 0 amide bonds. The van der Waals surface area contributed by atoms with E-state index in [1.807, 2.05) is 0 Å². The molecule has 3 heteroatoms. The van der Waals surface area contributed by atoms with E-state index in [-0.39, 0.29) is 4.47 Å². The van der Waals surface area contributed by atoms with Crippen molar-refractivity contribution >= 4 is 15.9 Å². The van der Waals surface area contributed by atoms with Crippen LogP contribution in [0.25, 0.3) is 11.1 Å². The van der Waals surface area contributed by atoms with Crippen LogP contribution in [0, 0.1) is 11.6 Å². The molecule has 0 radical (unpaired) electrons. The van der Waals surface area contributed by atoms with Gasteiger partial charge in [0.2, 0.25) is 0 Å². The van der Waals surface area contributed by atoms with Crippen molar-refractivity contribution in [3.8, 4) is 11.1 Å². The molecule has 2 aliphatic carbocycles. The Morgan fingerprint density at radius 2 is 1.31 bits per heavy atom. The van der Waals surface area contributed by atoms with Crippen LogP contribution in [-0.4, -0.2) is 0 Å². The zero-order valence-electron chi connectivity index (χ0n) is 6.52. The minimum atomic E-state index is -0.538. The van der Waals surface area contributed by atoms with Gasteiger partial charge in [-0.3, -0.25) is 0 Å². The molecule has 0 bridgehead atoms. The van der Waals surface area contributed by atoms with Gasteiger partial charge in [0.1, 0.15) is 11.6 Å². The van der Waals surface area contributed by atoms with E-state index in [9.17, 15) is 8.78 Å². The molecule has 0 unspecified atom stereocenters. The van der Waals surface area contributed by atoms with Gasteiger partial charge in [-0.25, -0.2) is 8.78 Å². The molecule has 0 atom stereocenters. The molecule has 0 spiro atoms. The van der Waals surface area contributed by atoms with Crippen molar-refractivity contribution in [3.05, 3.63) is 46.4 Å². The van der Waals surface area contributed by atoms with Crippen molar-refractivity contribution in [2.45, 2.75) is 0 Å². The van der Waals surface area contributed by atoms with Crippen LogP contribution >= 0.6 is 15.9 Å². The van der Waals surface area contributed by atoms with Gasteiger partial charge in [-0.05, 0) is 15.9 Å². The van der Waals surface area contributed by atoms with Crippen molar-refractivity contribution in [2.24, 2.45) is 0 Å². The highest BCUT2D eigenvalue weighted by Gasteiger charge is 2.20. The highest BCUT2D eigenvalue weighted by molar-refractivity contribution is 9.10. The first-order chi connectivity index (χ1) is 6.22. The van der Waals surface area contributed by atoms with Gasteiger partial charge in [-0.15, -0.1) is 0 Å². The first-order valence-electron chi connectivity index (χ1n) is 3.73. The molecule has 0 aliphatic heterocycles. The molecule has 0 heterocycles. The summed E-state index contributed by atoms with van der Waals surface area (Å²) in [6.45, 7) is 0. The van der Waals surface area contributed by atoms with Gasteiger partial charge in [-0.2, -0.15) is 0 Å². The maximum absolute atomic E-state index is 13.3. The van der Waals surface area contributed by atoms with Crippen LogP contribution in [0.4, 0.5) is 8.78 Å². The lowest BCUT2D eigenvalue weighted by Gasteiger charge is -1.89. The van der Waals surface area contributed by atoms with Gasteiger partial charge in [0.15, 0.2) is 0 Å². The van der Waals surface area contributed by atoms with Crippen molar-refractivity contribution in [1.82, 2.24) is 0 Å². The number of rotatable bonds is 0. The van der Waals surface area contributed by atoms with Crippen molar-refractivity contribution in [1.29, 1.82) is 0 Å². The molecule has 66 valence electrons.